The average Bonchev–Trinajstić information content (AvgIpc) is 3.14. The van der Waals surface area contributed by atoms with Gasteiger partial charge in [0.25, 0.3) is 0 Å². The van der Waals surface area contributed by atoms with E-state index in [0.717, 1.165) is 32.1 Å². The number of esters is 1. The van der Waals surface area contributed by atoms with Gasteiger partial charge in [0, 0.05) is 24.7 Å². The highest BCUT2D eigenvalue weighted by atomic mass is 35.5. The molecule has 1 aliphatic rings. The molecule has 0 spiro atoms. The molecular weight excluding hydrogens is 445 g/mol. The first-order chi connectivity index (χ1) is 15.7. The van der Waals surface area contributed by atoms with E-state index >= 15 is 0 Å². The van der Waals surface area contributed by atoms with E-state index in [1.165, 1.54) is 12.3 Å². The number of halogens is 2. The second-order valence-electron chi connectivity index (χ2n) is 9.62. The van der Waals surface area contributed by atoms with E-state index < -0.39 is 5.60 Å². The molecule has 0 bridgehead atoms. The minimum Gasteiger partial charge on any atom is -0.460 e. The van der Waals surface area contributed by atoms with Gasteiger partial charge in [-0.1, -0.05) is 24.4 Å². The predicted octanol–water partition coefficient (Wildman–Crippen LogP) is 5.68. The van der Waals surface area contributed by atoms with Gasteiger partial charge < -0.3 is 10.1 Å². The van der Waals surface area contributed by atoms with Gasteiger partial charge in [0.1, 0.15) is 33.7 Å². The summed E-state index contributed by atoms with van der Waals surface area (Å²) in [6.45, 7) is 5.65. The number of fused-ring (bicyclic) bond motifs is 1. The average molecular weight is 474 g/mol. The number of hydrogen-bond acceptors (Lipinski definition) is 6. The minimum absolute atomic E-state index is 0.144. The van der Waals surface area contributed by atoms with E-state index in [1.807, 2.05) is 20.8 Å². The van der Waals surface area contributed by atoms with Crippen molar-refractivity contribution < 1.29 is 13.9 Å². The first-order valence-corrected chi connectivity index (χ1v) is 11.7. The van der Waals surface area contributed by atoms with Crippen LogP contribution < -0.4 is 5.32 Å². The number of nitrogens with zero attached hydrogens (tertiary/aromatic N) is 4. The van der Waals surface area contributed by atoms with E-state index in [2.05, 4.69) is 20.3 Å². The second-order valence-corrected chi connectivity index (χ2v) is 10.0. The Morgan fingerprint density at radius 2 is 2.12 bits per heavy atom. The highest BCUT2D eigenvalue weighted by molar-refractivity contribution is 6.29. The molecule has 3 heterocycles. The zero-order valence-corrected chi connectivity index (χ0v) is 19.9. The van der Waals surface area contributed by atoms with Crippen LogP contribution in [-0.4, -0.2) is 37.0 Å². The van der Waals surface area contributed by atoms with Gasteiger partial charge in [-0.15, -0.1) is 0 Å². The maximum Gasteiger partial charge on any atom is 0.306 e. The second kappa shape index (κ2) is 9.63. The molecule has 9 heteroatoms. The quantitative estimate of drug-likeness (QED) is 0.366. The molecular formula is C24H29ClFN5O2. The van der Waals surface area contributed by atoms with Gasteiger partial charge in [0.05, 0.1) is 6.20 Å². The summed E-state index contributed by atoms with van der Waals surface area (Å²) in [7, 11) is 0. The van der Waals surface area contributed by atoms with E-state index in [4.69, 9.17) is 16.3 Å². The molecule has 1 fully saturated rings. The Hall–Kier alpha value is -2.74. The molecule has 4 rings (SSSR count). The summed E-state index contributed by atoms with van der Waals surface area (Å²) >= 11 is 6.29. The summed E-state index contributed by atoms with van der Waals surface area (Å²) in [5.74, 6) is 0.924. The van der Waals surface area contributed by atoms with E-state index in [9.17, 15) is 9.18 Å². The number of ether oxygens (including phenoxy) is 1. The molecule has 176 valence electrons. The SMILES string of the molecule is CC(C)(C)OC(=O)CCC1CCCC(Nc2cc(Cl)nc(-c3cnc4ccc(F)cn34)n2)C1. The Labute approximate surface area is 197 Å². The van der Waals surface area contributed by atoms with Crippen molar-refractivity contribution in [2.45, 2.75) is 70.9 Å². The lowest BCUT2D eigenvalue weighted by atomic mass is 9.83. The molecule has 1 aliphatic carbocycles. The lowest BCUT2D eigenvalue weighted by molar-refractivity contribution is -0.155. The van der Waals surface area contributed by atoms with Crippen molar-refractivity contribution in [3.63, 3.8) is 0 Å². The van der Waals surface area contributed by atoms with Crippen LogP contribution in [0.2, 0.25) is 5.15 Å². The molecule has 3 aromatic heterocycles. The van der Waals surface area contributed by atoms with Crippen molar-refractivity contribution in [3.8, 4) is 11.5 Å². The van der Waals surface area contributed by atoms with Gasteiger partial charge in [-0.05, 0) is 58.1 Å². The first-order valence-electron chi connectivity index (χ1n) is 11.3. The third-order valence-corrected chi connectivity index (χ3v) is 5.90. The van der Waals surface area contributed by atoms with Crippen molar-refractivity contribution in [2.24, 2.45) is 5.92 Å². The molecule has 1 N–H and O–H groups in total. The van der Waals surface area contributed by atoms with Gasteiger partial charge in [0.15, 0.2) is 5.82 Å². The molecule has 7 nitrogen and oxygen atoms in total. The van der Waals surface area contributed by atoms with Gasteiger partial charge in [0.2, 0.25) is 0 Å². The predicted molar refractivity (Wildman–Crippen MR) is 126 cm³/mol. The lowest BCUT2D eigenvalue weighted by Gasteiger charge is -2.30. The highest BCUT2D eigenvalue weighted by Gasteiger charge is 2.24. The summed E-state index contributed by atoms with van der Waals surface area (Å²) < 4.78 is 20.8. The van der Waals surface area contributed by atoms with Crippen LogP contribution in [0.15, 0.2) is 30.6 Å². The topological polar surface area (TPSA) is 81.4 Å². The third-order valence-electron chi connectivity index (χ3n) is 5.71. The molecule has 0 aromatic carbocycles. The number of anilines is 1. The minimum atomic E-state index is -0.454. The van der Waals surface area contributed by atoms with Gasteiger partial charge in [-0.3, -0.25) is 9.20 Å². The van der Waals surface area contributed by atoms with E-state index in [-0.39, 0.29) is 17.8 Å². The van der Waals surface area contributed by atoms with Crippen LogP contribution in [0.3, 0.4) is 0 Å². The standard InChI is InChI=1S/C24H29ClFN5O2/c1-24(2,3)33-22(32)10-7-15-5-4-6-17(11-15)28-20-12-19(25)29-23(30-20)18-13-27-21-9-8-16(26)14-31(18)21/h8-9,12-15,17H,4-7,10-11H2,1-3H3,(H,28,29,30). The van der Waals surface area contributed by atoms with E-state index in [0.29, 0.717) is 40.5 Å². The molecule has 0 radical (unpaired) electrons. The number of hydrogen-bond donors (Lipinski definition) is 1. The number of carbonyl (C=O) groups is 1. The third kappa shape index (κ3) is 6.19. The number of carbonyl (C=O) groups excluding carboxylic acids is 1. The fourth-order valence-corrected chi connectivity index (χ4v) is 4.52. The van der Waals surface area contributed by atoms with Crippen molar-refractivity contribution >= 4 is 29.0 Å². The Kier molecular flexibility index (Phi) is 6.83. The van der Waals surface area contributed by atoms with Crippen molar-refractivity contribution in [1.82, 2.24) is 19.4 Å². The smallest absolute Gasteiger partial charge is 0.306 e. The van der Waals surface area contributed by atoms with Crippen LogP contribution in [0.5, 0.6) is 0 Å². The summed E-state index contributed by atoms with van der Waals surface area (Å²) in [4.78, 5) is 25.3. The first kappa shape index (κ1) is 23.4. The van der Waals surface area contributed by atoms with Crippen LogP contribution >= 0.6 is 11.6 Å². The van der Waals surface area contributed by atoms with Crippen LogP contribution in [0, 0.1) is 11.7 Å². The normalized spacial score (nSPS) is 18.9. The number of nitrogens with one attached hydrogen (secondary N) is 1. The fraction of sp³-hybridized carbons (Fsp3) is 0.500. The molecule has 0 saturated heterocycles. The zero-order valence-electron chi connectivity index (χ0n) is 19.1. The summed E-state index contributed by atoms with van der Waals surface area (Å²) in [5.41, 5.74) is 0.711. The van der Waals surface area contributed by atoms with Crippen LogP contribution in [-0.2, 0) is 9.53 Å². The molecule has 33 heavy (non-hydrogen) atoms. The summed E-state index contributed by atoms with van der Waals surface area (Å²) in [6, 6.07) is 4.88. The number of imidazole rings is 1. The molecule has 2 atom stereocenters. The van der Waals surface area contributed by atoms with Crippen molar-refractivity contribution in [1.29, 1.82) is 0 Å². The van der Waals surface area contributed by atoms with E-state index in [1.54, 1.807) is 22.7 Å². The monoisotopic (exact) mass is 473 g/mol. The Balaban J connectivity index is 1.43. The summed E-state index contributed by atoms with van der Waals surface area (Å²) in [6.07, 6.45) is 8.35. The molecule has 1 saturated carbocycles. The molecule has 0 aliphatic heterocycles. The van der Waals surface area contributed by atoms with Gasteiger partial charge in [-0.25, -0.2) is 19.3 Å². The van der Waals surface area contributed by atoms with Crippen molar-refractivity contribution in [2.75, 3.05) is 5.32 Å². The summed E-state index contributed by atoms with van der Waals surface area (Å²) in [5, 5.41) is 3.78. The highest BCUT2D eigenvalue weighted by Crippen LogP contribution is 2.31. The zero-order chi connectivity index (χ0) is 23.6. The van der Waals surface area contributed by atoms with Crippen LogP contribution in [0.25, 0.3) is 17.2 Å². The van der Waals surface area contributed by atoms with Gasteiger partial charge in [-0.2, -0.15) is 0 Å². The Morgan fingerprint density at radius 1 is 1.30 bits per heavy atom. The maximum atomic E-state index is 13.8. The maximum absolute atomic E-state index is 13.8. The molecule has 2 unspecified atom stereocenters. The Bertz CT molecular complexity index is 1140. The largest absolute Gasteiger partial charge is 0.460 e. The van der Waals surface area contributed by atoms with Gasteiger partial charge >= 0.3 is 5.97 Å². The number of rotatable bonds is 6. The number of aromatic nitrogens is 4. The molecule has 3 aromatic rings. The van der Waals surface area contributed by atoms with Crippen molar-refractivity contribution in [3.05, 3.63) is 41.6 Å². The van der Waals surface area contributed by atoms with Crippen LogP contribution in [0.1, 0.15) is 59.3 Å². The molecule has 0 amide bonds. The lowest BCUT2D eigenvalue weighted by Crippen LogP contribution is -2.29. The van der Waals surface area contributed by atoms with Crippen LogP contribution in [0.4, 0.5) is 10.2 Å². The fourth-order valence-electron chi connectivity index (χ4n) is 4.33. The Morgan fingerprint density at radius 3 is 2.91 bits per heavy atom. The number of pyridine rings is 1.